The van der Waals surface area contributed by atoms with E-state index in [1.165, 1.54) is 6.92 Å². The molecule has 0 radical (unpaired) electrons. The van der Waals surface area contributed by atoms with Gasteiger partial charge in [-0.1, -0.05) is 0 Å². The van der Waals surface area contributed by atoms with E-state index in [-0.39, 0.29) is 5.91 Å². The number of rotatable bonds is 4. The van der Waals surface area contributed by atoms with Gasteiger partial charge in [-0.3, -0.25) is 4.79 Å². The molecule has 1 aromatic rings. The summed E-state index contributed by atoms with van der Waals surface area (Å²) in [7, 11) is 1.60. The Labute approximate surface area is 119 Å². The van der Waals surface area contributed by atoms with E-state index in [0.717, 1.165) is 38.2 Å². The monoisotopic (exact) mass is 278 g/mol. The van der Waals surface area contributed by atoms with Crippen LogP contribution in [0.3, 0.4) is 0 Å². The Balaban J connectivity index is 2.06. The summed E-state index contributed by atoms with van der Waals surface area (Å²) in [6, 6.07) is 6.15. The fraction of sp³-hybridized carbons (Fsp3) is 0.533. The van der Waals surface area contributed by atoms with Crippen LogP contribution in [-0.2, 0) is 9.53 Å². The number of amides is 1. The predicted molar refractivity (Wildman–Crippen MR) is 79.4 cm³/mol. The van der Waals surface area contributed by atoms with Crippen LogP contribution in [0.5, 0.6) is 5.75 Å². The third-order valence-electron chi connectivity index (χ3n) is 3.33. The summed E-state index contributed by atoms with van der Waals surface area (Å²) in [5.74, 6) is 0.556. The third kappa shape index (κ3) is 4.13. The van der Waals surface area contributed by atoms with Gasteiger partial charge in [0.15, 0.2) is 0 Å². The smallest absolute Gasteiger partial charge is 0.221 e. The number of hydrogen-bond acceptors (Lipinski definition) is 4. The quantitative estimate of drug-likeness (QED) is 0.889. The van der Waals surface area contributed by atoms with Gasteiger partial charge in [-0.2, -0.15) is 0 Å². The zero-order chi connectivity index (χ0) is 14.4. The van der Waals surface area contributed by atoms with Crippen molar-refractivity contribution >= 4 is 17.3 Å². The fourth-order valence-corrected chi connectivity index (χ4v) is 2.36. The Morgan fingerprint density at radius 3 is 2.95 bits per heavy atom. The largest absolute Gasteiger partial charge is 0.494 e. The van der Waals surface area contributed by atoms with Crippen molar-refractivity contribution in [2.24, 2.45) is 0 Å². The van der Waals surface area contributed by atoms with Gasteiger partial charge in [0.25, 0.3) is 0 Å². The molecule has 1 saturated heterocycles. The summed E-state index contributed by atoms with van der Waals surface area (Å²) < 4.78 is 10.8. The molecule has 1 heterocycles. The lowest BCUT2D eigenvalue weighted by Gasteiger charge is -2.18. The van der Waals surface area contributed by atoms with Gasteiger partial charge in [0.1, 0.15) is 5.75 Å². The van der Waals surface area contributed by atoms with Crippen LogP contribution in [0, 0.1) is 0 Å². The molecule has 1 aliphatic rings. The zero-order valence-electron chi connectivity index (χ0n) is 12.1. The van der Waals surface area contributed by atoms with Gasteiger partial charge in [0.05, 0.1) is 12.8 Å². The van der Waals surface area contributed by atoms with E-state index in [4.69, 9.17) is 9.47 Å². The number of nitrogens with one attached hydrogen (secondary N) is 2. The van der Waals surface area contributed by atoms with Gasteiger partial charge in [-0.15, -0.1) is 0 Å². The third-order valence-corrected chi connectivity index (χ3v) is 3.33. The Hall–Kier alpha value is -1.75. The van der Waals surface area contributed by atoms with Gasteiger partial charge in [0, 0.05) is 37.9 Å². The van der Waals surface area contributed by atoms with Crippen molar-refractivity contribution in [3.8, 4) is 5.75 Å². The van der Waals surface area contributed by atoms with Crippen LogP contribution in [-0.4, -0.2) is 32.3 Å². The topological polar surface area (TPSA) is 59.6 Å². The summed E-state index contributed by atoms with van der Waals surface area (Å²) in [4.78, 5) is 11.1. The van der Waals surface area contributed by atoms with Crippen molar-refractivity contribution in [2.45, 2.75) is 32.2 Å². The molecular formula is C15H22N2O3. The molecule has 2 N–H and O–H groups in total. The molecule has 0 bridgehead atoms. The van der Waals surface area contributed by atoms with Crippen molar-refractivity contribution in [1.82, 2.24) is 0 Å². The SMILES string of the molecule is COc1cc(NC2CCCOCC2)ccc1NC(C)=O. The minimum atomic E-state index is -0.107. The summed E-state index contributed by atoms with van der Waals surface area (Å²) >= 11 is 0. The molecule has 1 aliphatic heterocycles. The first-order valence-electron chi connectivity index (χ1n) is 6.99. The molecule has 5 heteroatoms. The minimum Gasteiger partial charge on any atom is -0.494 e. The highest BCUT2D eigenvalue weighted by atomic mass is 16.5. The van der Waals surface area contributed by atoms with Gasteiger partial charge >= 0.3 is 0 Å². The number of methoxy groups -OCH3 is 1. The highest BCUT2D eigenvalue weighted by Gasteiger charge is 2.13. The van der Waals surface area contributed by atoms with Crippen LogP contribution < -0.4 is 15.4 Å². The molecule has 110 valence electrons. The van der Waals surface area contributed by atoms with Crippen molar-refractivity contribution in [2.75, 3.05) is 31.0 Å². The maximum absolute atomic E-state index is 11.1. The average molecular weight is 278 g/mol. The summed E-state index contributed by atoms with van der Waals surface area (Å²) in [5.41, 5.74) is 1.69. The Kier molecular flexibility index (Phi) is 5.24. The van der Waals surface area contributed by atoms with Crippen LogP contribution in [0.15, 0.2) is 18.2 Å². The first-order valence-corrected chi connectivity index (χ1v) is 6.99. The van der Waals surface area contributed by atoms with E-state index in [0.29, 0.717) is 17.5 Å². The lowest BCUT2D eigenvalue weighted by Crippen LogP contribution is -2.19. The summed E-state index contributed by atoms with van der Waals surface area (Å²) in [6.45, 7) is 3.14. The second kappa shape index (κ2) is 7.14. The molecule has 1 amide bonds. The number of benzene rings is 1. The number of anilines is 2. The number of carbonyl (C=O) groups excluding carboxylic acids is 1. The fourth-order valence-electron chi connectivity index (χ4n) is 2.36. The molecule has 1 fully saturated rings. The number of carbonyl (C=O) groups is 1. The molecule has 5 nitrogen and oxygen atoms in total. The van der Waals surface area contributed by atoms with Gasteiger partial charge in [-0.25, -0.2) is 0 Å². The predicted octanol–water partition coefficient (Wildman–Crippen LogP) is 2.63. The van der Waals surface area contributed by atoms with Crippen molar-refractivity contribution in [3.63, 3.8) is 0 Å². The Morgan fingerprint density at radius 1 is 1.35 bits per heavy atom. The highest BCUT2D eigenvalue weighted by molar-refractivity contribution is 5.90. The van der Waals surface area contributed by atoms with E-state index >= 15 is 0 Å². The Bertz CT molecular complexity index is 454. The molecule has 0 aromatic heterocycles. The highest BCUT2D eigenvalue weighted by Crippen LogP contribution is 2.29. The second-order valence-corrected chi connectivity index (χ2v) is 4.98. The molecule has 20 heavy (non-hydrogen) atoms. The normalized spacial score (nSPS) is 19.0. The molecule has 0 aliphatic carbocycles. The molecule has 1 unspecified atom stereocenters. The van der Waals surface area contributed by atoms with Gasteiger partial charge in [-0.05, 0) is 31.4 Å². The molecule has 0 saturated carbocycles. The standard InChI is InChI=1S/C15H22N2O3/c1-11(18)16-14-6-5-13(10-15(14)19-2)17-12-4-3-8-20-9-7-12/h5-6,10,12,17H,3-4,7-9H2,1-2H3,(H,16,18). The lowest BCUT2D eigenvalue weighted by atomic mass is 10.1. The first kappa shape index (κ1) is 14.7. The van der Waals surface area contributed by atoms with Crippen molar-refractivity contribution in [1.29, 1.82) is 0 Å². The van der Waals surface area contributed by atoms with E-state index in [1.54, 1.807) is 7.11 Å². The van der Waals surface area contributed by atoms with Gasteiger partial charge in [0.2, 0.25) is 5.91 Å². The van der Waals surface area contributed by atoms with Gasteiger partial charge < -0.3 is 20.1 Å². The molecule has 0 spiro atoms. The van der Waals surface area contributed by atoms with Crippen molar-refractivity contribution < 1.29 is 14.3 Å². The maximum Gasteiger partial charge on any atom is 0.221 e. The van der Waals surface area contributed by atoms with Crippen molar-refractivity contribution in [3.05, 3.63) is 18.2 Å². The molecular weight excluding hydrogens is 256 g/mol. The van der Waals surface area contributed by atoms with Crippen LogP contribution in [0.25, 0.3) is 0 Å². The molecule has 1 atom stereocenters. The minimum absolute atomic E-state index is 0.107. The molecule has 1 aromatic carbocycles. The lowest BCUT2D eigenvalue weighted by molar-refractivity contribution is -0.114. The van der Waals surface area contributed by atoms with E-state index in [1.807, 2.05) is 18.2 Å². The van der Waals surface area contributed by atoms with E-state index in [2.05, 4.69) is 10.6 Å². The first-order chi connectivity index (χ1) is 9.69. The maximum atomic E-state index is 11.1. The van der Waals surface area contributed by atoms with E-state index < -0.39 is 0 Å². The summed E-state index contributed by atoms with van der Waals surface area (Å²) in [6.07, 6.45) is 3.20. The zero-order valence-corrected chi connectivity index (χ0v) is 12.1. The Morgan fingerprint density at radius 2 is 2.20 bits per heavy atom. The number of ether oxygens (including phenoxy) is 2. The van der Waals surface area contributed by atoms with Crippen LogP contribution in [0.4, 0.5) is 11.4 Å². The van der Waals surface area contributed by atoms with E-state index in [9.17, 15) is 4.79 Å². The second-order valence-electron chi connectivity index (χ2n) is 4.98. The van der Waals surface area contributed by atoms with Crippen LogP contribution in [0.2, 0.25) is 0 Å². The summed E-state index contributed by atoms with van der Waals surface area (Å²) in [5, 5.41) is 6.26. The number of hydrogen-bond donors (Lipinski definition) is 2. The molecule has 2 rings (SSSR count). The van der Waals surface area contributed by atoms with Crippen LogP contribution in [0.1, 0.15) is 26.2 Å². The average Bonchev–Trinajstić information content (AvgIpc) is 2.68. The van der Waals surface area contributed by atoms with Crippen LogP contribution >= 0.6 is 0 Å².